The zero-order chi connectivity index (χ0) is 66.1. The largest absolute Gasteiger partial charge is 0.477 e. The lowest BCUT2D eigenvalue weighted by Crippen LogP contribution is -2.40. The highest BCUT2D eigenvalue weighted by Gasteiger charge is 2.25. The van der Waals surface area contributed by atoms with Crippen molar-refractivity contribution in [2.24, 2.45) is 0 Å². The van der Waals surface area contributed by atoms with Gasteiger partial charge in [-0.3, -0.25) is 9.59 Å². The molecule has 0 fully saturated rings. The highest BCUT2D eigenvalue weighted by Crippen LogP contribution is 2.19. The van der Waals surface area contributed by atoms with Crippen LogP contribution in [0.1, 0.15) is 361 Å². The van der Waals surface area contributed by atoms with Crippen LogP contribution in [-0.4, -0.2) is 87.4 Å². The number of likely N-dealkylation sites (N-methyl/N-ethyl adjacent to an activating group) is 1. The van der Waals surface area contributed by atoms with Crippen molar-refractivity contribution in [3.63, 3.8) is 0 Å². The van der Waals surface area contributed by atoms with Crippen LogP contribution in [0.2, 0.25) is 0 Å². The number of hydrogen-bond donors (Lipinski definition) is 1. The van der Waals surface area contributed by atoms with Gasteiger partial charge >= 0.3 is 17.9 Å². The predicted octanol–water partition coefficient (Wildman–Crippen LogP) is 24.6. The van der Waals surface area contributed by atoms with Crippen molar-refractivity contribution < 1.29 is 42.9 Å². The second kappa shape index (κ2) is 72.3. The zero-order valence-electron chi connectivity index (χ0n) is 60.5. The Kier molecular flexibility index (Phi) is 69.5. The van der Waals surface area contributed by atoms with E-state index in [1.807, 2.05) is 21.1 Å². The van der Waals surface area contributed by atoms with Crippen LogP contribution < -0.4 is 0 Å². The van der Waals surface area contributed by atoms with Crippen molar-refractivity contribution in [3.05, 3.63) is 85.1 Å². The fourth-order valence-corrected chi connectivity index (χ4v) is 11.3. The molecule has 0 aliphatic carbocycles. The molecule has 2 unspecified atom stereocenters. The lowest BCUT2D eigenvalue weighted by Gasteiger charge is -2.25. The van der Waals surface area contributed by atoms with Gasteiger partial charge < -0.3 is 28.5 Å². The minimum atomic E-state index is -1.51. The molecule has 0 aromatic heterocycles. The molecule has 9 nitrogen and oxygen atoms in total. The number of esters is 2. The summed E-state index contributed by atoms with van der Waals surface area (Å²) in [5.74, 6) is -1.98. The van der Waals surface area contributed by atoms with E-state index in [1.165, 1.54) is 257 Å². The number of allylic oxidation sites excluding steroid dienone is 14. The van der Waals surface area contributed by atoms with Gasteiger partial charge in [-0.15, -0.1) is 0 Å². The number of nitrogens with zero attached hydrogens (tertiary/aromatic N) is 1. The number of rotatable bonds is 72. The lowest BCUT2D eigenvalue weighted by molar-refractivity contribution is -0.870. The molecule has 0 rings (SSSR count). The summed E-state index contributed by atoms with van der Waals surface area (Å²) in [4.78, 5) is 37.7. The van der Waals surface area contributed by atoms with E-state index in [-0.39, 0.29) is 38.2 Å². The molecule has 528 valence electrons. The molecule has 2 atom stereocenters. The van der Waals surface area contributed by atoms with Crippen molar-refractivity contribution >= 4 is 17.9 Å². The Labute approximate surface area is 563 Å². The molecule has 9 heteroatoms. The van der Waals surface area contributed by atoms with E-state index in [0.717, 1.165) is 77.0 Å². The first kappa shape index (κ1) is 87.5. The molecular weight excluding hydrogens is 1130 g/mol. The molecule has 91 heavy (non-hydrogen) atoms. The number of quaternary nitrogens is 1. The minimum absolute atomic E-state index is 0.180. The fourth-order valence-electron chi connectivity index (χ4n) is 11.3. The molecular formula is C82H148NO8+. The average Bonchev–Trinajstić information content (AvgIpc) is 3.46. The van der Waals surface area contributed by atoms with Crippen molar-refractivity contribution in [1.82, 2.24) is 0 Å². The molecule has 0 saturated heterocycles. The molecule has 0 aromatic carbocycles. The zero-order valence-corrected chi connectivity index (χ0v) is 60.5. The number of unbranched alkanes of at least 4 members (excludes halogenated alkanes) is 43. The van der Waals surface area contributed by atoms with E-state index >= 15 is 0 Å². The predicted molar refractivity (Wildman–Crippen MR) is 392 cm³/mol. The third-order valence-electron chi connectivity index (χ3n) is 17.1. The van der Waals surface area contributed by atoms with Crippen LogP contribution >= 0.6 is 0 Å². The maximum atomic E-state index is 13.0. The molecule has 0 heterocycles. The summed E-state index contributed by atoms with van der Waals surface area (Å²) in [7, 11) is 5.99. The topological polar surface area (TPSA) is 108 Å². The molecule has 0 radical (unpaired) electrons. The summed E-state index contributed by atoms with van der Waals surface area (Å²) in [5.41, 5.74) is 0. The maximum absolute atomic E-state index is 13.0. The van der Waals surface area contributed by atoms with Gasteiger partial charge in [0.1, 0.15) is 13.2 Å². The second-order valence-electron chi connectivity index (χ2n) is 27.3. The standard InChI is InChI=1S/C82H147NO8/c1-6-8-10-12-14-16-18-20-22-24-26-28-30-32-34-36-38-40-42-44-46-48-50-52-54-56-58-60-62-64-66-68-70-72-79(84)89-76-78(77-90-82(81(86)87)88-75-74-83(3,4)5)91-80(85)73-71-69-67-65-63-61-59-57-55-53-51-49-47-45-43-41-39-37-35-33-31-29-27-25-23-21-19-17-15-13-11-9-7-2/h9,11,15,17-18,20-21,23-24,26-27,29,33,35,78,82H,6-8,10,12-14,16,19,22,25,28,30-32,34,36-77H2,1-5H3/p+1/b11-9-,17-15-,20-18-,23-21-,26-24-,29-27-,35-33-. The van der Waals surface area contributed by atoms with Crippen molar-refractivity contribution in [2.45, 2.75) is 373 Å². The summed E-state index contributed by atoms with van der Waals surface area (Å²) < 4.78 is 23.0. The maximum Gasteiger partial charge on any atom is 0.361 e. The van der Waals surface area contributed by atoms with Crippen LogP contribution in [-0.2, 0) is 33.3 Å². The normalized spacial score (nSPS) is 13.1. The number of ether oxygens (including phenoxy) is 4. The fraction of sp³-hybridized carbons (Fsp3) is 0.793. The van der Waals surface area contributed by atoms with Crippen LogP contribution in [0.4, 0.5) is 0 Å². The van der Waals surface area contributed by atoms with E-state index in [4.69, 9.17) is 18.9 Å². The average molecular weight is 1280 g/mol. The van der Waals surface area contributed by atoms with Crippen LogP contribution in [0.15, 0.2) is 85.1 Å². The quantitative estimate of drug-likeness (QED) is 0.0211. The van der Waals surface area contributed by atoms with Crippen LogP contribution in [0, 0.1) is 0 Å². The van der Waals surface area contributed by atoms with Gasteiger partial charge in [-0.25, -0.2) is 4.79 Å². The Morgan fingerprint density at radius 1 is 0.341 bits per heavy atom. The molecule has 0 aliphatic rings. The van der Waals surface area contributed by atoms with Gasteiger partial charge in [0.25, 0.3) is 6.29 Å². The smallest absolute Gasteiger partial charge is 0.361 e. The van der Waals surface area contributed by atoms with E-state index in [1.54, 1.807) is 0 Å². The Hall–Kier alpha value is -3.53. The number of carbonyl (C=O) groups excluding carboxylic acids is 2. The third kappa shape index (κ3) is 73.7. The van der Waals surface area contributed by atoms with Gasteiger partial charge in [0, 0.05) is 12.8 Å². The Balaban J connectivity index is 4.02. The highest BCUT2D eigenvalue weighted by molar-refractivity contribution is 5.71. The minimum Gasteiger partial charge on any atom is -0.477 e. The number of carboxylic acids is 1. The number of carbonyl (C=O) groups is 3. The molecule has 0 spiro atoms. The molecule has 0 bridgehead atoms. The SMILES string of the molecule is CC/C=C\C/C=C\C/C=C\C/C=C\C/C=C\CCCCCCCCCCCCCCCCCCCC(=O)OC(COC(=O)CCCCCCCCCCCCCCCCCCCCCCC/C=C\C/C=C\CCCCCCC)COC(OCC[N+](C)(C)C)C(=O)O. The van der Waals surface area contributed by atoms with Gasteiger partial charge in [-0.1, -0.05) is 343 Å². The van der Waals surface area contributed by atoms with Gasteiger partial charge in [0.2, 0.25) is 0 Å². The van der Waals surface area contributed by atoms with Gasteiger partial charge in [-0.05, 0) is 89.9 Å². The monoisotopic (exact) mass is 1280 g/mol. The molecule has 1 N–H and O–H groups in total. The molecule has 0 saturated carbocycles. The Morgan fingerprint density at radius 2 is 0.626 bits per heavy atom. The highest BCUT2D eigenvalue weighted by atomic mass is 16.7. The Bertz CT molecular complexity index is 1770. The summed E-state index contributed by atoms with van der Waals surface area (Å²) in [6, 6.07) is 0. The first-order chi connectivity index (χ1) is 44.6. The number of aliphatic carboxylic acids is 1. The van der Waals surface area contributed by atoms with E-state index in [0.29, 0.717) is 17.4 Å². The van der Waals surface area contributed by atoms with Crippen LogP contribution in [0.3, 0.4) is 0 Å². The van der Waals surface area contributed by atoms with Gasteiger partial charge in [-0.2, -0.15) is 0 Å². The van der Waals surface area contributed by atoms with Crippen LogP contribution in [0.5, 0.6) is 0 Å². The summed E-state index contributed by atoms with van der Waals surface area (Å²) >= 11 is 0. The van der Waals surface area contributed by atoms with Crippen molar-refractivity contribution in [2.75, 3.05) is 47.5 Å². The second-order valence-corrected chi connectivity index (χ2v) is 27.3. The first-order valence-electron chi connectivity index (χ1n) is 38.8. The van der Waals surface area contributed by atoms with E-state index < -0.39 is 18.4 Å². The summed E-state index contributed by atoms with van der Waals surface area (Å²) in [6.45, 7) is 4.81. The Morgan fingerprint density at radius 3 is 0.934 bits per heavy atom. The van der Waals surface area contributed by atoms with Crippen LogP contribution in [0.25, 0.3) is 0 Å². The van der Waals surface area contributed by atoms with E-state index in [9.17, 15) is 19.5 Å². The first-order valence-corrected chi connectivity index (χ1v) is 38.8. The molecule has 0 aliphatic heterocycles. The van der Waals surface area contributed by atoms with E-state index in [2.05, 4.69) is 98.9 Å². The molecule has 0 aromatic rings. The number of hydrogen-bond acceptors (Lipinski definition) is 7. The lowest BCUT2D eigenvalue weighted by atomic mass is 10.0. The van der Waals surface area contributed by atoms with Gasteiger partial charge in [0.15, 0.2) is 6.10 Å². The molecule has 0 amide bonds. The third-order valence-corrected chi connectivity index (χ3v) is 17.1. The van der Waals surface area contributed by atoms with Gasteiger partial charge in [0.05, 0.1) is 34.4 Å². The summed E-state index contributed by atoms with van der Waals surface area (Å²) in [5, 5.41) is 9.77. The number of carboxylic acid groups (broad SMARTS) is 1. The van der Waals surface area contributed by atoms with Crippen molar-refractivity contribution in [1.29, 1.82) is 0 Å². The van der Waals surface area contributed by atoms with Crippen molar-refractivity contribution in [3.8, 4) is 0 Å². The summed E-state index contributed by atoms with van der Waals surface area (Å²) in [6.07, 6.45) is 95.8.